The Morgan fingerprint density at radius 1 is 1.09 bits per heavy atom. The zero-order valence-corrected chi connectivity index (χ0v) is 8.14. The Balaban J connectivity index is 3.66. The summed E-state index contributed by atoms with van der Waals surface area (Å²) in [6, 6.07) is 0. The van der Waals surface area contributed by atoms with Crippen molar-refractivity contribution in [1.29, 1.82) is 0 Å². The molecule has 0 spiro atoms. The van der Waals surface area contributed by atoms with E-state index in [1.165, 1.54) is 12.8 Å². The molecule has 0 aliphatic heterocycles. The van der Waals surface area contributed by atoms with Gasteiger partial charge in [0.05, 0.1) is 6.17 Å². The van der Waals surface area contributed by atoms with Crippen LogP contribution in [0.3, 0.4) is 0 Å². The standard InChI is InChI=1S/C9H22N2/c1-4-7-11(8-5-2)9(10)6-3/h9H,4-8,10H2,1-3H3. The minimum Gasteiger partial charge on any atom is -0.316 e. The van der Waals surface area contributed by atoms with Crippen LogP contribution in [0.15, 0.2) is 0 Å². The lowest BCUT2D eigenvalue weighted by atomic mass is 10.3. The molecule has 0 fully saturated rings. The van der Waals surface area contributed by atoms with Crippen LogP contribution in [0.5, 0.6) is 0 Å². The second-order valence-electron chi connectivity index (χ2n) is 3.01. The van der Waals surface area contributed by atoms with Gasteiger partial charge in [-0.15, -0.1) is 0 Å². The Bertz CT molecular complexity index is 77.6. The number of rotatable bonds is 6. The van der Waals surface area contributed by atoms with Crippen molar-refractivity contribution in [3.05, 3.63) is 0 Å². The summed E-state index contributed by atoms with van der Waals surface area (Å²) in [4.78, 5) is 2.36. The first kappa shape index (κ1) is 10.9. The van der Waals surface area contributed by atoms with E-state index in [2.05, 4.69) is 25.7 Å². The molecule has 0 rings (SSSR count). The van der Waals surface area contributed by atoms with Crippen LogP contribution in [-0.4, -0.2) is 24.2 Å². The van der Waals surface area contributed by atoms with Crippen LogP contribution in [0.2, 0.25) is 0 Å². The molecular weight excluding hydrogens is 136 g/mol. The molecule has 2 N–H and O–H groups in total. The van der Waals surface area contributed by atoms with E-state index < -0.39 is 0 Å². The SMILES string of the molecule is CCCN(CCC)C(N)CC. The average molecular weight is 158 g/mol. The van der Waals surface area contributed by atoms with Crippen LogP contribution in [0.1, 0.15) is 40.0 Å². The third kappa shape index (κ3) is 4.38. The molecule has 0 amide bonds. The zero-order valence-electron chi connectivity index (χ0n) is 8.14. The van der Waals surface area contributed by atoms with Gasteiger partial charge in [0.15, 0.2) is 0 Å². The largest absolute Gasteiger partial charge is 0.316 e. The molecule has 0 aliphatic carbocycles. The van der Waals surface area contributed by atoms with Crippen molar-refractivity contribution in [2.75, 3.05) is 13.1 Å². The monoisotopic (exact) mass is 158 g/mol. The Hall–Kier alpha value is -0.0800. The molecule has 0 saturated heterocycles. The van der Waals surface area contributed by atoms with Gasteiger partial charge in [-0.25, -0.2) is 0 Å². The molecule has 0 aliphatic rings. The predicted octanol–water partition coefficient (Wildman–Crippen LogP) is 1.80. The molecule has 1 atom stereocenters. The second-order valence-corrected chi connectivity index (χ2v) is 3.01. The Kier molecular flexibility index (Phi) is 6.57. The lowest BCUT2D eigenvalue weighted by Gasteiger charge is -2.26. The average Bonchev–Trinajstić information content (AvgIpc) is 2.03. The molecule has 0 aromatic heterocycles. The fraction of sp³-hybridized carbons (Fsp3) is 1.00. The maximum Gasteiger partial charge on any atom is 0.0569 e. The summed E-state index contributed by atoms with van der Waals surface area (Å²) >= 11 is 0. The highest BCUT2D eigenvalue weighted by molar-refractivity contribution is 4.62. The Labute approximate surface area is 70.8 Å². The van der Waals surface area contributed by atoms with Crippen LogP contribution in [0.4, 0.5) is 0 Å². The van der Waals surface area contributed by atoms with E-state index in [0.29, 0.717) is 0 Å². The topological polar surface area (TPSA) is 29.3 Å². The normalized spacial score (nSPS) is 13.9. The maximum absolute atomic E-state index is 5.92. The summed E-state index contributed by atoms with van der Waals surface area (Å²) in [7, 11) is 0. The highest BCUT2D eigenvalue weighted by atomic mass is 15.2. The van der Waals surface area contributed by atoms with E-state index in [0.717, 1.165) is 19.5 Å². The molecule has 11 heavy (non-hydrogen) atoms. The molecule has 0 aromatic carbocycles. The quantitative estimate of drug-likeness (QED) is 0.597. The van der Waals surface area contributed by atoms with Crippen molar-refractivity contribution >= 4 is 0 Å². The molecule has 0 saturated carbocycles. The van der Waals surface area contributed by atoms with E-state index in [1.54, 1.807) is 0 Å². The van der Waals surface area contributed by atoms with Crippen molar-refractivity contribution in [2.24, 2.45) is 5.73 Å². The van der Waals surface area contributed by atoms with Crippen LogP contribution in [-0.2, 0) is 0 Å². The lowest BCUT2D eigenvalue weighted by molar-refractivity contribution is 0.195. The maximum atomic E-state index is 5.92. The van der Waals surface area contributed by atoms with Crippen molar-refractivity contribution in [2.45, 2.75) is 46.2 Å². The summed E-state index contributed by atoms with van der Waals surface area (Å²) in [6.07, 6.45) is 3.73. The molecule has 0 radical (unpaired) electrons. The Morgan fingerprint density at radius 3 is 1.82 bits per heavy atom. The van der Waals surface area contributed by atoms with Gasteiger partial charge >= 0.3 is 0 Å². The van der Waals surface area contributed by atoms with Crippen LogP contribution >= 0.6 is 0 Å². The van der Waals surface area contributed by atoms with Crippen LogP contribution in [0.25, 0.3) is 0 Å². The number of hydrogen-bond acceptors (Lipinski definition) is 2. The summed E-state index contributed by atoms with van der Waals surface area (Å²) < 4.78 is 0. The third-order valence-electron chi connectivity index (χ3n) is 1.91. The molecule has 2 heteroatoms. The first-order chi connectivity index (χ1) is 5.26. The van der Waals surface area contributed by atoms with E-state index in [4.69, 9.17) is 5.73 Å². The molecule has 0 bridgehead atoms. The lowest BCUT2D eigenvalue weighted by Crippen LogP contribution is -2.42. The fourth-order valence-corrected chi connectivity index (χ4v) is 1.28. The predicted molar refractivity (Wildman–Crippen MR) is 50.4 cm³/mol. The first-order valence-corrected chi connectivity index (χ1v) is 4.75. The van der Waals surface area contributed by atoms with E-state index >= 15 is 0 Å². The summed E-state index contributed by atoms with van der Waals surface area (Å²) in [6.45, 7) is 8.82. The van der Waals surface area contributed by atoms with Crippen LogP contribution in [0, 0.1) is 0 Å². The van der Waals surface area contributed by atoms with Gasteiger partial charge in [0.2, 0.25) is 0 Å². The minimum absolute atomic E-state index is 0.273. The number of hydrogen-bond donors (Lipinski definition) is 1. The zero-order chi connectivity index (χ0) is 8.69. The van der Waals surface area contributed by atoms with Crippen molar-refractivity contribution in [3.8, 4) is 0 Å². The third-order valence-corrected chi connectivity index (χ3v) is 1.91. The van der Waals surface area contributed by atoms with E-state index in [-0.39, 0.29) is 6.17 Å². The van der Waals surface area contributed by atoms with Gasteiger partial charge in [-0.1, -0.05) is 20.8 Å². The second kappa shape index (κ2) is 6.62. The highest BCUT2D eigenvalue weighted by Gasteiger charge is 2.08. The van der Waals surface area contributed by atoms with Crippen molar-refractivity contribution in [3.63, 3.8) is 0 Å². The number of nitrogens with zero attached hydrogens (tertiary/aromatic N) is 1. The Morgan fingerprint density at radius 2 is 1.55 bits per heavy atom. The van der Waals surface area contributed by atoms with Gasteiger partial charge in [0.25, 0.3) is 0 Å². The number of nitrogens with two attached hydrogens (primary N) is 1. The molecule has 0 aromatic rings. The van der Waals surface area contributed by atoms with Gasteiger partial charge in [-0.3, -0.25) is 4.90 Å². The van der Waals surface area contributed by atoms with Crippen molar-refractivity contribution in [1.82, 2.24) is 4.90 Å². The molecule has 68 valence electrons. The summed E-state index contributed by atoms with van der Waals surface area (Å²) in [5.74, 6) is 0. The van der Waals surface area contributed by atoms with Crippen molar-refractivity contribution < 1.29 is 0 Å². The van der Waals surface area contributed by atoms with Gasteiger partial charge in [0.1, 0.15) is 0 Å². The van der Waals surface area contributed by atoms with Gasteiger partial charge < -0.3 is 5.73 Å². The van der Waals surface area contributed by atoms with E-state index in [1.807, 2.05) is 0 Å². The highest BCUT2D eigenvalue weighted by Crippen LogP contribution is 2.00. The fourth-order valence-electron chi connectivity index (χ4n) is 1.28. The summed E-state index contributed by atoms with van der Waals surface area (Å²) in [5, 5.41) is 0. The minimum atomic E-state index is 0.273. The first-order valence-electron chi connectivity index (χ1n) is 4.75. The summed E-state index contributed by atoms with van der Waals surface area (Å²) in [5.41, 5.74) is 5.92. The van der Waals surface area contributed by atoms with E-state index in [9.17, 15) is 0 Å². The van der Waals surface area contributed by atoms with Crippen LogP contribution < -0.4 is 5.73 Å². The molecule has 2 nitrogen and oxygen atoms in total. The molecule has 0 heterocycles. The molecular formula is C9H22N2. The molecule has 1 unspecified atom stereocenters. The van der Waals surface area contributed by atoms with Gasteiger partial charge in [0, 0.05) is 0 Å². The van der Waals surface area contributed by atoms with Gasteiger partial charge in [-0.05, 0) is 32.4 Å². The smallest absolute Gasteiger partial charge is 0.0569 e. The van der Waals surface area contributed by atoms with Gasteiger partial charge in [-0.2, -0.15) is 0 Å².